The Morgan fingerprint density at radius 2 is 1.66 bits per heavy atom. The van der Waals surface area contributed by atoms with E-state index in [-0.39, 0.29) is 35.3 Å². The van der Waals surface area contributed by atoms with Crippen molar-refractivity contribution in [2.75, 3.05) is 12.4 Å². The zero-order valence-corrected chi connectivity index (χ0v) is 26.5. The van der Waals surface area contributed by atoms with Crippen LogP contribution in [0.2, 0.25) is 0 Å². The minimum absolute atomic E-state index is 0.0253. The van der Waals surface area contributed by atoms with Crippen LogP contribution in [0, 0.1) is 6.92 Å². The molecule has 0 bridgehead atoms. The Bertz CT molecular complexity index is 1650. The molecule has 44 heavy (non-hydrogen) atoms. The van der Waals surface area contributed by atoms with Crippen molar-refractivity contribution in [1.82, 2.24) is 15.2 Å². The summed E-state index contributed by atoms with van der Waals surface area (Å²) in [7, 11) is 0. The zero-order valence-electron chi connectivity index (χ0n) is 24.0. The molecule has 0 radical (unpaired) electrons. The molecule has 3 heterocycles. The molecule has 6 rings (SSSR count). The first-order valence-electron chi connectivity index (χ1n) is 14.3. The number of benzene rings is 3. The maximum Gasteiger partial charge on any atom is 0.253 e. The highest BCUT2D eigenvalue weighted by atomic mass is 32.2. The quantitative estimate of drug-likeness (QED) is 0.175. The first-order valence-corrected chi connectivity index (χ1v) is 16.6. The van der Waals surface area contributed by atoms with Gasteiger partial charge in [0.25, 0.3) is 5.91 Å². The molecule has 7 nitrogen and oxygen atoms in total. The summed E-state index contributed by atoms with van der Waals surface area (Å²) in [5.74, 6) is 0.0924. The number of thiocarbonyl (C=S) groups is 1. The Hall–Kier alpha value is -3.83. The van der Waals surface area contributed by atoms with Gasteiger partial charge in [-0.3, -0.25) is 14.5 Å². The lowest BCUT2D eigenvalue weighted by atomic mass is 10.0. The Balaban J connectivity index is 1.33. The van der Waals surface area contributed by atoms with Crippen LogP contribution in [0.5, 0.6) is 0 Å². The van der Waals surface area contributed by atoms with Gasteiger partial charge in [0.1, 0.15) is 28.2 Å². The zero-order chi connectivity index (χ0) is 30.6. The Kier molecular flexibility index (Phi) is 9.22. The minimum Gasteiger partial charge on any atom is -0.469 e. The molecular weight excluding hydrogens is 611 g/mol. The first-order chi connectivity index (χ1) is 21.4. The van der Waals surface area contributed by atoms with Gasteiger partial charge in [-0.25, -0.2) is 4.98 Å². The summed E-state index contributed by atoms with van der Waals surface area (Å²) in [4.78, 5) is 34.2. The van der Waals surface area contributed by atoms with Crippen LogP contribution in [-0.2, 0) is 27.2 Å². The molecule has 3 aromatic carbocycles. The van der Waals surface area contributed by atoms with Gasteiger partial charge in [-0.1, -0.05) is 91.0 Å². The maximum atomic E-state index is 13.8. The van der Waals surface area contributed by atoms with Gasteiger partial charge in [-0.2, -0.15) is 0 Å². The average Bonchev–Trinajstić information content (AvgIpc) is 3.42. The van der Waals surface area contributed by atoms with Crippen LogP contribution in [0.25, 0.3) is 5.57 Å². The molecule has 0 saturated carbocycles. The van der Waals surface area contributed by atoms with E-state index in [1.54, 1.807) is 16.7 Å². The Morgan fingerprint density at radius 1 is 1.05 bits per heavy atom. The normalized spacial score (nSPS) is 17.7. The van der Waals surface area contributed by atoms with Gasteiger partial charge >= 0.3 is 0 Å². The average molecular weight is 642 g/mol. The molecule has 2 N–H and O–H groups in total. The van der Waals surface area contributed by atoms with Crippen molar-refractivity contribution in [2.24, 2.45) is 0 Å². The van der Waals surface area contributed by atoms with E-state index in [0.29, 0.717) is 17.9 Å². The number of hydrogen-bond acceptors (Lipinski definition) is 8. The number of ether oxygens (including phenoxy) is 1. The predicted molar refractivity (Wildman–Crippen MR) is 178 cm³/mol. The third-order valence-electron chi connectivity index (χ3n) is 7.60. The number of nitrogens with zero attached hydrogens (tertiary/aromatic N) is 2. The number of fused-ring (bicyclic) bond motifs is 1. The predicted octanol–water partition coefficient (Wildman–Crippen LogP) is 5.47. The third-order valence-corrected chi connectivity index (χ3v) is 10.5. The van der Waals surface area contributed by atoms with Crippen LogP contribution in [-0.4, -0.2) is 55.6 Å². The molecule has 2 aliphatic rings. The number of aliphatic hydroxyl groups is 1. The molecule has 4 aromatic rings. The first kappa shape index (κ1) is 30.2. The lowest BCUT2D eigenvalue weighted by Crippen LogP contribution is -2.70. The third kappa shape index (κ3) is 6.21. The van der Waals surface area contributed by atoms with E-state index < -0.39 is 12.1 Å². The monoisotopic (exact) mass is 641 g/mol. The molecule has 1 aromatic heterocycles. The number of amides is 2. The molecule has 1 saturated heterocycles. The fraction of sp³-hybridized carbons (Fsp3) is 0.235. The topological polar surface area (TPSA) is 91.8 Å². The number of thiazole rings is 1. The number of carbonyl (C=O) groups is 2. The van der Waals surface area contributed by atoms with Crippen molar-refractivity contribution >= 4 is 57.8 Å². The van der Waals surface area contributed by atoms with Gasteiger partial charge in [-0.05, 0) is 35.8 Å². The van der Waals surface area contributed by atoms with E-state index in [1.807, 2.05) is 97.9 Å². The summed E-state index contributed by atoms with van der Waals surface area (Å²) in [6.45, 7) is 1.95. The number of thioether (sulfide) groups is 1. The van der Waals surface area contributed by atoms with Crippen molar-refractivity contribution in [1.29, 1.82) is 0 Å². The van der Waals surface area contributed by atoms with Gasteiger partial charge in [0, 0.05) is 29.2 Å². The van der Waals surface area contributed by atoms with Crippen LogP contribution < -0.4 is 5.32 Å². The van der Waals surface area contributed by atoms with E-state index >= 15 is 0 Å². The van der Waals surface area contributed by atoms with Crippen LogP contribution in [0.1, 0.15) is 38.4 Å². The highest BCUT2D eigenvalue weighted by Gasteiger charge is 2.54. The number of β-lactam (4-membered cyclic amide) rings is 1. The second-order valence-corrected chi connectivity index (χ2v) is 13.1. The fourth-order valence-corrected chi connectivity index (χ4v) is 8.27. The van der Waals surface area contributed by atoms with Crippen molar-refractivity contribution in [2.45, 2.75) is 37.3 Å². The van der Waals surface area contributed by atoms with Gasteiger partial charge < -0.3 is 15.2 Å². The molecule has 0 unspecified atom stereocenters. The van der Waals surface area contributed by atoms with Crippen molar-refractivity contribution < 1.29 is 19.4 Å². The molecule has 0 spiro atoms. The van der Waals surface area contributed by atoms with Gasteiger partial charge in [0.05, 0.1) is 12.1 Å². The van der Waals surface area contributed by atoms with Gasteiger partial charge in [0.2, 0.25) is 11.0 Å². The Morgan fingerprint density at radius 3 is 2.27 bits per heavy atom. The van der Waals surface area contributed by atoms with Gasteiger partial charge in [-0.15, -0.1) is 23.1 Å². The largest absolute Gasteiger partial charge is 0.469 e. The van der Waals surface area contributed by atoms with E-state index in [9.17, 15) is 14.7 Å². The molecule has 10 heteroatoms. The smallest absolute Gasteiger partial charge is 0.253 e. The second-order valence-electron chi connectivity index (χ2n) is 10.6. The van der Waals surface area contributed by atoms with Crippen LogP contribution >= 0.6 is 35.3 Å². The summed E-state index contributed by atoms with van der Waals surface area (Å²) in [6, 6.07) is 28.5. The summed E-state index contributed by atoms with van der Waals surface area (Å²) >= 11 is 9.09. The van der Waals surface area contributed by atoms with E-state index in [2.05, 4.69) is 5.32 Å². The van der Waals surface area contributed by atoms with E-state index in [4.69, 9.17) is 21.9 Å². The number of hydrogen-bond donors (Lipinski definition) is 2. The fourth-order valence-electron chi connectivity index (χ4n) is 5.42. The SMILES string of the molecule is Cc1nc(C2=C(C(=S)OC(c3ccccc3)c3ccccc3)N3C(=O)[C@@H](NC(=O)Cc4ccccc4)[C@H]3SC2)sc1CCO. The lowest BCUT2D eigenvalue weighted by molar-refractivity contribution is -0.145. The van der Waals surface area contributed by atoms with Crippen molar-refractivity contribution in [3.05, 3.63) is 129 Å². The van der Waals surface area contributed by atoms with E-state index in [0.717, 1.165) is 37.8 Å². The van der Waals surface area contributed by atoms with Crippen LogP contribution in [0.4, 0.5) is 0 Å². The van der Waals surface area contributed by atoms with Crippen LogP contribution in [0.15, 0.2) is 96.7 Å². The summed E-state index contributed by atoms with van der Waals surface area (Å²) < 4.78 is 6.61. The van der Waals surface area contributed by atoms with Crippen molar-refractivity contribution in [3.63, 3.8) is 0 Å². The standard InChI is InChI=1S/C34H31N3O4S3/c1-21-26(17-18-38)44-31(35-21)25-20-43-33-28(36-27(39)19-22-11-5-2-6-12-22)32(40)37(33)29(25)34(42)41-30(23-13-7-3-8-14-23)24-15-9-4-10-16-24/h2-16,28,30,33,38H,17-20H2,1H3,(H,36,39)/t28-,33-/m1/s1. The summed E-state index contributed by atoms with van der Waals surface area (Å²) in [5, 5.41) is 13.1. The number of aryl methyl sites for hydroxylation is 1. The highest BCUT2D eigenvalue weighted by molar-refractivity contribution is 8.00. The number of nitrogens with one attached hydrogen (secondary N) is 1. The molecule has 224 valence electrons. The van der Waals surface area contributed by atoms with Crippen molar-refractivity contribution in [3.8, 4) is 0 Å². The molecular formula is C34H31N3O4S3. The molecule has 2 atom stereocenters. The van der Waals surface area contributed by atoms with Crippen LogP contribution in [0.3, 0.4) is 0 Å². The maximum absolute atomic E-state index is 13.8. The lowest BCUT2D eigenvalue weighted by Gasteiger charge is -2.50. The number of aromatic nitrogens is 1. The Labute approximate surface area is 270 Å². The molecule has 1 fully saturated rings. The van der Waals surface area contributed by atoms with E-state index in [1.165, 1.54) is 11.3 Å². The summed E-state index contributed by atoms with van der Waals surface area (Å²) in [6.07, 6.45) is 0.206. The number of carbonyl (C=O) groups excluding carboxylic acids is 2. The molecule has 0 aliphatic carbocycles. The second kappa shape index (κ2) is 13.4. The highest BCUT2D eigenvalue weighted by Crippen LogP contribution is 2.45. The summed E-state index contributed by atoms with van der Waals surface area (Å²) in [5.41, 5.74) is 4.92. The number of rotatable bonds is 10. The number of aliphatic hydroxyl groups excluding tert-OH is 1. The minimum atomic E-state index is -0.669. The molecule has 2 amide bonds. The molecule has 2 aliphatic heterocycles. The van der Waals surface area contributed by atoms with Gasteiger partial charge in [0.15, 0.2) is 0 Å².